The van der Waals surface area contributed by atoms with Gasteiger partial charge in [0.2, 0.25) is 0 Å². The van der Waals surface area contributed by atoms with Gasteiger partial charge in [-0.25, -0.2) is 0 Å². The zero-order valence-corrected chi connectivity index (χ0v) is 13.1. The molecule has 2 heteroatoms. The van der Waals surface area contributed by atoms with Crippen molar-refractivity contribution in [1.29, 1.82) is 0 Å². The molecule has 3 aliphatic rings. The second-order valence-corrected chi connectivity index (χ2v) is 6.23. The van der Waals surface area contributed by atoms with E-state index in [1.54, 1.807) is 5.56 Å². The number of nitrogens with zero attached hydrogens (tertiary/aromatic N) is 1. The van der Waals surface area contributed by atoms with Crippen LogP contribution in [0, 0.1) is 5.92 Å². The fraction of sp³-hybridized carbons (Fsp3) is 0.368. The van der Waals surface area contributed by atoms with Gasteiger partial charge in [0.1, 0.15) is 0 Å². The predicted octanol–water partition coefficient (Wildman–Crippen LogP) is 4.58. The molecule has 1 unspecified atom stereocenters. The number of piperidine rings is 3. The Labute approximate surface area is 133 Å². The van der Waals surface area contributed by atoms with Crippen molar-refractivity contribution in [1.82, 2.24) is 4.90 Å². The van der Waals surface area contributed by atoms with Crippen molar-refractivity contribution in [2.45, 2.75) is 18.8 Å². The first-order chi connectivity index (χ1) is 9.90. The fourth-order valence-corrected chi connectivity index (χ4v) is 3.90. The maximum absolute atomic E-state index is 2.63. The summed E-state index contributed by atoms with van der Waals surface area (Å²) in [5, 5.41) is 0. The molecule has 110 valence electrons. The molecule has 21 heavy (non-hydrogen) atoms. The van der Waals surface area contributed by atoms with E-state index in [4.69, 9.17) is 0 Å². The fourth-order valence-electron chi connectivity index (χ4n) is 3.90. The SMILES string of the molecule is Cl.c1ccc(-c2ccc(C3CN4CCC3CC4)cc2)cc1. The average Bonchev–Trinajstić information content (AvgIpc) is 2.57. The molecule has 1 atom stereocenters. The molecule has 3 aliphatic heterocycles. The van der Waals surface area contributed by atoms with E-state index in [0.717, 1.165) is 11.8 Å². The van der Waals surface area contributed by atoms with Crippen molar-refractivity contribution in [3.05, 3.63) is 60.2 Å². The predicted molar refractivity (Wildman–Crippen MR) is 91.0 cm³/mol. The highest BCUT2D eigenvalue weighted by Crippen LogP contribution is 2.39. The molecule has 0 aromatic heterocycles. The summed E-state index contributed by atoms with van der Waals surface area (Å²) in [6, 6.07) is 20.0. The van der Waals surface area contributed by atoms with Gasteiger partial charge in [-0.3, -0.25) is 0 Å². The van der Waals surface area contributed by atoms with Gasteiger partial charge < -0.3 is 4.90 Å². The van der Waals surface area contributed by atoms with Crippen LogP contribution < -0.4 is 0 Å². The van der Waals surface area contributed by atoms with E-state index in [9.17, 15) is 0 Å². The third-order valence-corrected chi connectivity index (χ3v) is 5.10. The number of hydrogen-bond donors (Lipinski definition) is 0. The molecule has 2 aromatic carbocycles. The highest BCUT2D eigenvalue weighted by atomic mass is 35.5. The minimum Gasteiger partial charge on any atom is -0.303 e. The lowest BCUT2D eigenvalue weighted by molar-refractivity contribution is 0.0871. The molecule has 0 aliphatic carbocycles. The molecule has 2 bridgehead atoms. The van der Waals surface area contributed by atoms with Gasteiger partial charge in [0.05, 0.1) is 0 Å². The first-order valence-corrected chi connectivity index (χ1v) is 7.78. The highest BCUT2D eigenvalue weighted by Gasteiger charge is 2.34. The van der Waals surface area contributed by atoms with Gasteiger partial charge in [0, 0.05) is 6.54 Å². The van der Waals surface area contributed by atoms with E-state index in [2.05, 4.69) is 59.5 Å². The first kappa shape index (κ1) is 14.6. The van der Waals surface area contributed by atoms with Gasteiger partial charge in [-0.15, -0.1) is 12.4 Å². The summed E-state index contributed by atoms with van der Waals surface area (Å²) in [4.78, 5) is 2.63. The zero-order chi connectivity index (χ0) is 13.4. The summed E-state index contributed by atoms with van der Waals surface area (Å²) in [6.07, 6.45) is 2.79. The minimum absolute atomic E-state index is 0. The lowest BCUT2D eigenvalue weighted by atomic mass is 9.75. The van der Waals surface area contributed by atoms with Crippen LogP contribution >= 0.6 is 12.4 Å². The second kappa shape index (κ2) is 6.21. The quantitative estimate of drug-likeness (QED) is 0.784. The van der Waals surface area contributed by atoms with Gasteiger partial charge in [0.15, 0.2) is 0 Å². The Morgan fingerprint density at radius 2 is 1.38 bits per heavy atom. The van der Waals surface area contributed by atoms with Crippen LogP contribution in [0.4, 0.5) is 0 Å². The smallest absolute Gasteiger partial charge is 0.00530 e. The minimum atomic E-state index is 0. The number of benzene rings is 2. The highest BCUT2D eigenvalue weighted by molar-refractivity contribution is 5.85. The Kier molecular flexibility index (Phi) is 4.32. The van der Waals surface area contributed by atoms with Crippen LogP contribution in [-0.2, 0) is 0 Å². The summed E-state index contributed by atoms with van der Waals surface area (Å²) in [5.74, 6) is 1.69. The third-order valence-electron chi connectivity index (χ3n) is 5.10. The summed E-state index contributed by atoms with van der Waals surface area (Å²) in [6.45, 7) is 3.92. The molecular formula is C19H22ClN. The van der Waals surface area contributed by atoms with E-state index in [1.165, 1.54) is 43.6 Å². The van der Waals surface area contributed by atoms with Gasteiger partial charge in [-0.1, -0.05) is 54.6 Å². The lowest BCUT2D eigenvalue weighted by Crippen LogP contribution is -2.46. The molecule has 3 saturated heterocycles. The number of fused-ring (bicyclic) bond motifs is 3. The maximum atomic E-state index is 2.63. The maximum Gasteiger partial charge on any atom is 0.00530 e. The summed E-state index contributed by atoms with van der Waals surface area (Å²) in [5.41, 5.74) is 4.18. The van der Waals surface area contributed by atoms with Gasteiger partial charge in [-0.05, 0) is 54.5 Å². The molecule has 0 amide bonds. The van der Waals surface area contributed by atoms with E-state index in [-0.39, 0.29) is 12.4 Å². The zero-order valence-electron chi connectivity index (χ0n) is 12.2. The van der Waals surface area contributed by atoms with Crippen molar-refractivity contribution in [2.75, 3.05) is 19.6 Å². The van der Waals surface area contributed by atoms with Crippen LogP contribution in [0.5, 0.6) is 0 Å². The van der Waals surface area contributed by atoms with Gasteiger partial charge in [-0.2, -0.15) is 0 Å². The molecule has 0 spiro atoms. The molecule has 1 nitrogen and oxygen atoms in total. The van der Waals surface area contributed by atoms with Crippen molar-refractivity contribution in [3.63, 3.8) is 0 Å². The Bertz CT molecular complexity index is 570. The standard InChI is InChI=1S/C19H21N.ClH/c1-2-4-15(5-3-1)16-6-8-17(9-7-16)19-14-20-12-10-18(19)11-13-20;/h1-9,18-19H,10-14H2;1H. The van der Waals surface area contributed by atoms with Crippen LogP contribution in [0.3, 0.4) is 0 Å². The molecule has 3 heterocycles. The number of halogens is 1. The monoisotopic (exact) mass is 299 g/mol. The van der Waals surface area contributed by atoms with Crippen molar-refractivity contribution in [2.24, 2.45) is 5.92 Å². The number of rotatable bonds is 2. The van der Waals surface area contributed by atoms with Crippen LogP contribution in [0.2, 0.25) is 0 Å². The molecule has 5 rings (SSSR count). The van der Waals surface area contributed by atoms with Crippen molar-refractivity contribution >= 4 is 12.4 Å². The van der Waals surface area contributed by atoms with Crippen LogP contribution in [0.25, 0.3) is 11.1 Å². The van der Waals surface area contributed by atoms with Crippen LogP contribution in [0.1, 0.15) is 24.3 Å². The van der Waals surface area contributed by atoms with E-state index in [1.807, 2.05) is 0 Å². The van der Waals surface area contributed by atoms with Crippen LogP contribution in [-0.4, -0.2) is 24.5 Å². The molecule has 0 saturated carbocycles. The molecule has 2 aromatic rings. The number of hydrogen-bond acceptors (Lipinski definition) is 1. The Morgan fingerprint density at radius 3 is 1.95 bits per heavy atom. The van der Waals surface area contributed by atoms with E-state index < -0.39 is 0 Å². The molecule has 0 radical (unpaired) electrons. The Hall–Kier alpha value is -1.31. The summed E-state index contributed by atoms with van der Waals surface area (Å²) in [7, 11) is 0. The summed E-state index contributed by atoms with van der Waals surface area (Å²) >= 11 is 0. The second-order valence-electron chi connectivity index (χ2n) is 6.23. The van der Waals surface area contributed by atoms with E-state index >= 15 is 0 Å². The third kappa shape index (κ3) is 2.86. The van der Waals surface area contributed by atoms with Crippen molar-refractivity contribution < 1.29 is 0 Å². The first-order valence-electron chi connectivity index (χ1n) is 7.78. The molecule has 3 fully saturated rings. The average molecular weight is 300 g/mol. The summed E-state index contributed by atoms with van der Waals surface area (Å²) < 4.78 is 0. The van der Waals surface area contributed by atoms with Gasteiger partial charge in [0.25, 0.3) is 0 Å². The lowest BCUT2D eigenvalue weighted by Gasteiger charge is -2.45. The van der Waals surface area contributed by atoms with Crippen molar-refractivity contribution in [3.8, 4) is 11.1 Å². The molecule has 0 N–H and O–H groups in total. The van der Waals surface area contributed by atoms with Gasteiger partial charge >= 0.3 is 0 Å². The van der Waals surface area contributed by atoms with E-state index in [0.29, 0.717) is 0 Å². The topological polar surface area (TPSA) is 3.24 Å². The molecular weight excluding hydrogens is 278 g/mol. The van der Waals surface area contributed by atoms with Crippen LogP contribution in [0.15, 0.2) is 54.6 Å². The normalized spacial score (nSPS) is 27.1. The Balaban J connectivity index is 0.00000132. The Morgan fingerprint density at radius 1 is 0.762 bits per heavy atom. The largest absolute Gasteiger partial charge is 0.303 e.